The topological polar surface area (TPSA) is 69.7 Å². The normalized spacial score (nSPS) is 15.8. The number of ether oxygens (including phenoxy) is 1. The lowest BCUT2D eigenvalue weighted by molar-refractivity contribution is -0.139. The monoisotopic (exact) mass is 268 g/mol. The Morgan fingerprint density at radius 2 is 1.89 bits per heavy atom. The van der Waals surface area contributed by atoms with E-state index >= 15 is 0 Å². The molecule has 0 radical (unpaired) electrons. The summed E-state index contributed by atoms with van der Waals surface area (Å²) in [6, 6.07) is 6.29. The molecule has 0 saturated heterocycles. The molecule has 18 heavy (non-hydrogen) atoms. The first kappa shape index (κ1) is 12.6. The summed E-state index contributed by atoms with van der Waals surface area (Å²) in [6.07, 6.45) is 1.31. The second-order valence-electron chi connectivity index (χ2n) is 3.88. The highest BCUT2D eigenvalue weighted by Crippen LogP contribution is 2.19. The minimum Gasteiger partial charge on any atom is -0.462 e. The standard InChI is InChI=1S/C12H12O5S/c1-9-2-4-11(5-3-9)18(14,15)17-10-6-7-16-12(13)8-10/h2-5,8H,6-7H2,1H3. The smallest absolute Gasteiger partial charge is 0.338 e. The van der Waals surface area contributed by atoms with Crippen LogP contribution in [0.1, 0.15) is 12.0 Å². The van der Waals surface area contributed by atoms with E-state index in [0.29, 0.717) is 0 Å². The highest BCUT2D eigenvalue weighted by molar-refractivity contribution is 7.86. The van der Waals surface area contributed by atoms with Crippen LogP contribution in [0.3, 0.4) is 0 Å². The number of cyclic esters (lactones) is 1. The summed E-state index contributed by atoms with van der Waals surface area (Å²) in [4.78, 5) is 11.0. The Bertz CT molecular complexity index is 583. The molecule has 1 aromatic rings. The van der Waals surface area contributed by atoms with Gasteiger partial charge < -0.3 is 8.92 Å². The van der Waals surface area contributed by atoms with E-state index in [1.54, 1.807) is 12.1 Å². The number of hydrogen-bond acceptors (Lipinski definition) is 5. The molecule has 1 heterocycles. The number of carbonyl (C=O) groups excluding carboxylic acids is 1. The number of esters is 1. The van der Waals surface area contributed by atoms with Crippen LogP contribution in [0.2, 0.25) is 0 Å². The Kier molecular flexibility index (Phi) is 3.38. The summed E-state index contributed by atoms with van der Waals surface area (Å²) in [5.74, 6) is -0.484. The molecule has 0 aliphatic carbocycles. The summed E-state index contributed by atoms with van der Waals surface area (Å²) in [5.41, 5.74) is 0.953. The minimum atomic E-state index is -3.88. The average Bonchev–Trinajstić information content (AvgIpc) is 2.29. The molecule has 0 atom stereocenters. The number of rotatable bonds is 3. The van der Waals surface area contributed by atoms with E-state index in [-0.39, 0.29) is 23.7 Å². The van der Waals surface area contributed by atoms with Crippen molar-refractivity contribution in [2.24, 2.45) is 0 Å². The molecule has 0 amide bonds. The van der Waals surface area contributed by atoms with Crippen molar-refractivity contribution in [3.05, 3.63) is 41.7 Å². The fraction of sp³-hybridized carbons (Fsp3) is 0.250. The molecule has 0 aromatic heterocycles. The molecule has 96 valence electrons. The number of benzene rings is 1. The fourth-order valence-corrected chi connectivity index (χ4v) is 2.44. The van der Waals surface area contributed by atoms with Gasteiger partial charge in [-0.3, -0.25) is 0 Å². The van der Waals surface area contributed by atoms with Gasteiger partial charge in [-0.05, 0) is 19.1 Å². The third-order valence-corrected chi connectivity index (χ3v) is 3.68. The number of carbonyl (C=O) groups is 1. The van der Waals surface area contributed by atoms with Crippen molar-refractivity contribution in [2.45, 2.75) is 18.2 Å². The Labute approximate surface area is 105 Å². The van der Waals surface area contributed by atoms with Crippen LogP contribution in [-0.4, -0.2) is 21.0 Å². The molecule has 1 aliphatic rings. The van der Waals surface area contributed by atoms with Gasteiger partial charge in [0, 0.05) is 6.42 Å². The van der Waals surface area contributed by atoms with Crippen LogP contribution in [0.5, 0.6) is 0 Å². The van der Waals surface area contributed by atoms with Crippen LogP contribution in [-0.2, 0) is 23.8 Å². The van der Waals surface area contributed by atoms with Crippen LogP contribution in [0, 0.1) is 6.92 Å². The lowest BCUT2D eigenvalue weighted by atomic mass is 10.2. The summed E-state index contributed by atoms with van der Waals surface area (Å²) in [7, 11) is -3.88. The molecular formula is C12H12O5S. The molecule has 0 bridgehead atoms. The van der Waals surface area contributed by atoms with Crippen molar-refractivity contribution in [1.29, 1.82) is 0 Å². The van der Waals surface area contributed by atoms with E-state index in [9.17, 15) is 13.2 Å². The molecule has 0 saturated carbocycles. The zero-order valence-electron chi connectivity index (χ0n) is 9.75. The van der Waals surface area contributed by atoms with Gasteiger partial charge in [-0.15, -0.1) is 0 Å². The minimum absolute atomic E-state index is 0.0629. The van der Waals surface area contributed by atoms with Crippen molar-refractivity contribution in [3.8, 4) is 0 Å². The zero-order valence-corrected chi connectivity index (χ0v) is 10.6. The maximum Gasteiger partial charge on any atom is 0.338 e. The van der Waals surface area contributed by atoms with Crippen molar-refractivity contribution in [3.63, 3.8) is 0 Å². The van der Waals surface area contributed by atoms with Gasteiger partial charge in [0.2, 0.25) is 0 Å². The second-order valence-corrected chi connectivity index (χ2v) is 5.42. The van der Waals surface area contributed by atoms with Crippen LogP contribution >= 0.6 is 0 Å². The number of aryl methyl sites for hydroxylation is 1. The lowest BCUT2D eigenvalue weighted by Crippen LogP contribution is -2.15. The quantitative estimate of drug-likeness (QED) is 0.614. The van der Waals surface area contributed by atoms with Gasteiger partial charge in [-0.1, -0.05) is 17.7 Å². The van der Waals surface area contributed by atoms with Gasteiger partial charge in [0.25, 0.3) is 0 Å². The first-order valence-electron chi connectivity index (χ1n) is 5.36. The SMILES string of the molecule is Cc1ccc(S(=O)(=O)OC2=CC(=O)OCC2)cc1. The Balaban J connectivity index is 2.22. The van der Waals surface area contributed by atoms with Crippen LogP contribution in [0.15, 0.2) is 41.0 Å². The molecular weight excluding hydrogens is 256 g/mol. The Hall–Kier alpha value is -1.82. The summed E-state index contributed by atoms with van der Waals surface area (Å²) >= 11 is 0. The average molecular weight is 268 g/mol. The van der Waals surface area contributed by atoms with Crippen molar-refractivity contribution >= 4 is 16.1 Å². The summed E-state index contributed by atoms with van der Waals surface area (Å²) in [5, 5.41) is 0. The first-order chi connectivity index (χ1) is 8.47. The van der Waals surface area contributed by atoms with Gasteiger partial charge in [0.15, 0.2) is 0 Å². The maximum atomic E-state index is 11.9. The highest BCUT2D eigenvalue weighted by atomic mass is 32.2. The second kappa shape index (κ2) is 4.81. The van der Waals surface area contributed by atoms with E-state index in [1.807, 2.05) is 6.92 Å². The van der Waals surface area contributed by atoms with Crippen molar-refractivity contribution < 1.29 is 22.1 Å². The van der Waals surface area contributed by atoms with E-state index in [2.05, 4.69) is 4.74 Å². The largest absolute Gasteiger partial charge is 0.462 e. The van der Waals surface area contributed by atoms with Crippen LogP contribution in [0.4, 0.5) is 0 Å². The molecule has 2 rings (SSSR count). The highest BCUT2D eigenvalue weighted by Gasteiger charge is 2.21. The molecule has 1 aliphatic heterocycles. The molecule has 0 unspecified atom stereocenters. The first-order valence-corrected chi connectivity index (χ1v) is 6.77. The Morgan fingerprint density at radius 3 is 2.50 bits per heavy atom. The maximum absolute atomic E-state index is 11.9. The van der Waals surface area contributed by atoms with Gasteiger partial charge in [0.1, 0.15) is 10.7 Å². The third-order valence-electron chi connectivity index (χ3n) is 2.40. The van der Waals surface area contributed by atoms with E-state index in [4.69, 9.17) is 4.18 Å². The molecule has 0 N–H and O–H groups in total. The van der Waals surface area contributed by atoms with Gasteiger partial charge in [-0.2, -0.15) is 8.42 Å². The van der Waals surface area contributed by atoms with E-state index in [0.717, 1.165) is 11.6 Å². The predicted molar refractivity (Wildman–Crippen MR) is 63.1 cm³/mol. The van der Waals surface area contributed by atoms with Gasteiger partial charge in [0.05, 0.1) is 12.7 Å². The van der Waals surface area contributed by atoms with Crippen LogP contribution < -0.4 is 0 Å². The molecule has 5 nitrogen and oxygen atoms in total. The summed E-state index contributed by atoms with van der Waals surface area (Å²) in [6.45, 7) is 1.99. The van der Waals surface area contributed by atoms with Crippen molar-refractivity contribution in [1.82, 2.24) is 0 Å². The lowest BCUT2D eigenvalue weighted by Gasteiger charge is -2.14. The Morgan fingerprint density at radius 1 is 1.22 bits per heavy atom. The summed E-state index contributed by atoms with van der Waals surface area (Å²) < 4.78 is 33.4. The van der Waals surface area contributed by atoms with Crippen LogP contribution in [0.25, 0.3) is 0 Å². The fourth-order valence-electron chi connectivity index (χ4n) is 1.46. The van der Waals surface area contributed by atoms with E-state index < -0.39 is 16.1 Å². The van der Waals surface area contributed by atoms with E-state index in [1.165, 1.54) is 12.1 Å². The number of hydrogen-bond donors (Lipinski definition) is 0. The third kappa shape index (κ3) is 2.89. The molecule has 0 spiro atoms. The zero-order chi connectivity index (χ0) is 13.2. The molecule has 0 fully saturated rings. The van der Waals surface area contributed by atoms with Crippen molar-refractivity contribution in [2.75, 3.05) is 6.61 Å². The van der Waals surface area contributed by atoms with Gasteiger partial charge >= 0.3 is 16.1 Å². The molecule has 1 aromatic carbocycles. The van der Waals surface area contributed by atoms with Gasteiger partial charge in [-0.25, -0.2) is 4.79 Å². The predicted octanol–water partition coefficient (Wildman–Crippen LogP) is 1.53. The molecule has 6 heteroatoms.